The van der Waals surface area contributed by atoms with Crippen molar-refractivity contribution in [2.45, 2.75) is 50.7 Å². The summed E-state index contributed by atoms with van der Waals surface area (Å²) in [6.45, 7) is 1.86. The molecule has 1 aromatic carbocycles. The van der Waals surface area contributed by atoms with Crippen LogP contribution in [0.4, 0.5) is 0 Å². The molecule has 0 bridgehead atoms. The lowest BCUT2D eigenvalue weighted by atomic mass is 9.92. The third-order valence-corrected chi connectivity index (χ3v) is 5.78. The van der Waals surface area contributed by atoms with Gasteiger partial charge in [-0.25, -0.2) is 4.98 Å². The van der Waals surface area contributed by atoms with Crippen LogP contribution < -0.4 is 10.1 Å². The molecule has 0 radical (unpaired) electrons. The number of aryl methyl sites for hydroxylation is 1. The Morgan fingerprint density at radius 1 is 1.27 bits per heavy atom. The highest BCUT2D eigenvalue weighted by Gasteiger charge is 2.34. The highest BCUT2D eigenvalue weighted by Crippen LogP contribution is 2.25. The molecule has 1 aromatic heterocycles. The minimum Gasteiger partial charge on any atom is -0.492 e. The van der Waals surface area contributed by atoms with E-state index < -0.39 is 0 Å². The normalized spacial score (nSPS) is 23.1. The van der Waals surface area contributed by atoms with Gasteiger partial charge in [0.25, 0.3) is 5.91 Å². The number of amides is 2. The van der Waals surface area contributed by atoms with Gasteiger partial charge >= 0.3 is 0 Å². The van der Waals surface area contributed by atoms with Gasteiger partial charge in [-0.15, -0.1) is 0 Å². The van der Waals surface area contributed by atoms with E-state index in [4.69, 9.17) is 4.74 Å². The summed E-state index contributed by atoms with van der Waals surface area (Å²) in [6, 6.07) is 7.21. The minimum absolute atomic E-state index is 0.0401. The smallest absolute Gasteiger partial charge is 0.255 e. The molecule has 0 unspecified atom stereocenters. The Kier molecular flexibility index (Phi) is 6.47. The number of imidazole rings is 1. The van der Waals surface area contributed by atoms with E-state index in [1.807, 2.05) is 33.9 Å². The van der Waals surface area contributed by atoms with Crippen molar-refractivity contribution in [1.29, 1.82) is 0 Å². The van der Waals surface area contributed by atoms with Crippen molar-refractivity contribution >= 4 is 11.8 Å². The van der Waals surface area contributed by atoms with Crippen molar-refractivity contribution in [2.75, 3.05) is 13.2 Å². The number of aromatic nitrogens is 2. The quantitative estimate of drug-likeness (QED) is 0.793. The second kappa shape index (κ2) is 9.61. The van der Waals surface area contributed by atoms with E-state index in [2.05, 4.69) is 22.5 Å². The van der Waals surface area contributed by atoms with Crippen molar-refractivity contribution < 1.29 is 14.3 Å². The van der Waals surface area contributed by atoms with Crippen LogP contribution in [0.25, 0.3) is 0 Å². The Labute approximate surface area is 176 Å². The molecule has 0 aliphatic carbocycles. The fraction of sp³-hybridized carbons (Fsp3) is 0.435. The SMILES string of the molecule is O=C1N[C@H]2CCCN(C(=O)CCn3ccnc3)[C@H]2C/C=C/CCOc2ccccc21. The van der Waals surface area contributed by atoms with E-state index in [1.54, 1.807) is 18.6 Å². The Bertz CT molecular complexity index is 894. The average Bonchev–Trinajstić information content (AvgIpc) is 3.28. The first kappa shape index (κ1) is 20.2. The van der Waals surface area contributed by atoms with E-state index in [9.17, 15) is 9.59 Å². The van der Waals surface area contributed by atoms with Gasteiger partial charge in [0, 0.05) is 37.9 Å². The van der Waals surface area contributed by atoms with Crippen LogP contribution in [0.2, 0.25) is 0 Å². The summed E-state index contributed by atoms with van der Waals surface area (Å²) < 4.78 is 7.73. The average molecular weight is 409 g/mol. The van der Waals surface area contributed by atoms with Gasteiger partial charge in [0.15, 0.2) is 0 Å². The maximum Gasteiger partial charge on any atom is 0.255 e. The minimum atomic E-state index is -0.141. The van der Waals surface area contributed by atoms with Crippen LogP contribution in [0.3, 0.4) is 0 Å². The topological polar surface area (TPSA) is 76.5 Å². The summed E-state index contributed by atoms with van der Waals surface area (Å²) >= 11 is 0. The van der Waals surface area contributed by atoms with Crippen molar-refractivity contribution in [3.8, 4) is 5.75 Å². The maximum absolute atomic E-state index is 13.0. The predicted octanol–water partition coefficient (Wildman–Crippen LogP) is 2.79. The number of rotatable bonds is 3. The highest BCUT2D eigenvalue weighted by atomic mass is 16.5. The number of fused-ring (bicyclic) bond motifs is 2. The number of benzene rings is 1. The monoisotopic (exact) mass is 408 g/mol. The molecule has 7 nitrogen and oxygen atoms in total. The molecule has 4 rings (SSSR count). The van der Waals surface area contributed by atoms with Crippen LogP contribution >= 0.6 is 0 Å². The van der Waals surface area contributed by atoms with Gasteiger partial charge < -0.3 is 19.5 Å². The molecule has 3 heterocycles. The number of hydrogen-bond donors (Lipinski definition) is 1. The molecular weight excluding hydrogens is 380 g/mol. The van der Waals surface area contributed by atoms with Crippen molar-refractivity contribution in [1.82, 2.24) is 19.8 Å². The largest absolute Gasteiger partial charge is 0.492 e. The number of nitrogens with zero attached hydrogens (tertiary/aromatic N) is 3. The Morgan fingerprint density at radius 2 is 2.17 bits per heavy atom. The van der Waals surface area contributed by atoms with E-state index in [0.717, 1.165) is 32.2 Å². The second-order valence-corrected chi connectivity index (χ2v) is 7.77. The zero-order valence-electron chi connectivity index (χ0n) is 17.1. The number of para-hydroxylation sites is 1. The molecule has 2 amide bonds. The number of carbonyl (C=O) groups excluding carboxylic acids is 2. The molecule has 1 fully saturated rings. The summed E-state index contributed by atoms with van der Waals surface area (Å²) in [5.41, 5.74) is 0.546. The van der Waals surface area contributed by atoms with Gasteiger partial charge in [0.05, 0.1) is 24.5 Å². The summed E-state index contributed by atoms with van der Waals surface area (Å²) in [5.74, 6) is 0.583. The van der Waals surface area contributed by atoms with E-state index >= 15 is 0 Å². The molecule has 2 aromatic rings. The Balaban J connectivity index is 1.52. The molecule has 1 saturated heterocycles. The Morgan fingerprint density at radius 3 is 3.03 bits per heavy atom. The van der Waals surface area contributed by atoms with Gasteiger partial charge in [-0.2, -0.15) is 0 Å². The molecule has 0 spiro atoms. The van der Waals surface area contributed by atoms with Crippen LogP contribution in [0.1, 0.15) is 42.5 Å². The molecule has 2 aliphatic heterocycles. The van der Waals surface area contributed by atoms with Gasteiger partial charge in [0.2, 0.25) is 5.91 Å². The standard InChI is InChI=1S/C23H28N4O3/c28-22(11-14-26-15-12-24-17-26)27-13-6-8-19-20(27)9-2-1-5-16-30-21-10-4-3-7-18(21)23(29)25-19/h1-4,7,10,12,15,17,19-20H,5-6,8-9,11,13-14,16H2,(H,25,29)/b2-1+/t19-,20-/m0/s1. The predicted molar refractivity (Wildman–Crippen MR) is 113 cm³/mol. The lowest BCUT2D eigenvalue weighted by molar-refractivity contribution is -0.135. The van der Waals surface area contributed by atoms with Gasteiger partial charge in [-0.05, 0) is 37.8 Å². The molecule has 1 N–H and O–H groups in total. The number of hydrogen-bond acceptors (Lipinski definition) is 4. The van der Waals surface area contributed by atoms with Crippen molar-refractivity contribution in [3.63, 3.8) is 0 Å². The lowest BCUT2D eigenvalue weighted by Gasteiger charge is -2.41. The fourth-order valence-corrected chi connectivity index (χ4v) is 4.23. The number of likely N-dealkylation sites (tertiary alicyclic amines) is 1. The van der Waals surface area contributed by atoms with Crippen molar-refractivity contribution in [2.24, 2.45) is 0 Å². The first-order valence-electron chi connectivity index (χ1n) is 10.7. The van der Waals surface area contributed by atoms with E-state index in [1.165, 1.54) is 0 Å². The summed E-state index contributed by atoms with van der Waals surface area (Å²) in [7, 11) is 0. The summed E-state index contributed by atoms with van der Waals surface area (Å²) in [5, 5.41) is 3.19. The molecular formula is C23H28N4O3. The van der Waals surface area contributed by atoms with E-state index in [0.29, 0.717) is 30.9 Å². The van der Waals surface area contributed by atoms with Gasteiger partial charge in [0.1, 0.15) is 5.75 Å². The Hall–Kier alpha value is -3.09. The van der Waals surface area contributed by atoms with Gasteiger partial charge in [-0.3, -0.25) is 9.59 Å². The number of ether oxygens (including phenoxy) is 1. The summed E-state index contributed by atoms with van der Waals surface area (Å²) in [4.78, 5) is 32.0. The van der Waals surface area contributed by atoms with Crippen LogP contribution in [-0.2, 0) is 11.3 Å². The highest BCUT2D eigenvalue weighted by molar-refractivity contribution is 5.97. The maximum atomic E-state index is 13.0. The molecule has 158 valence electrons. The fourth-order valence-electron chi connectivity index (χ4n) is 4.23. The van der Waals surface area contributed by atoms with Crippen molar-refractivity contribution in [3.05, 3.63) is 60.7 Å². The third kappa shape index (κ3) is 4.72. The molecule has 7 heteroatoms. The second-order valence-electron chi connectivity index (χ2n) is 7.77. The zero-order chi connectivity index (χ0) is 20.8. The first-order valence-corrected chi connectivity index (χ1v) is 10.7. The van der Waals surface area contributed by atoms with Crippen LogP contribution in [-0.4, -0.2) is 51.5 Å². The molecule has 0 saturated carbocycles. The van der Waals surface area contributed by atoms with Crippen LogP contribution in [0.5, 0.6) is 5.75 Å². The number of nitrogens with one attached hydrogen (secondary N) is 1. The van der Waals surface area contributed by atoms with Crippen LogP contribution in [0, 0.1) is 0 Å². The van der Waals surface area contributed by atoms with Crippen LogP contribution in [0.15, 0.2) is 55.1 Å². The third-order valence-electron chi connectivity index (χ3n) is 5.78. The summed E-state index contributed by atoms with van der Waals surface area (Å²) in [6.07, 6.45) is 13.2. The number of carbonyl (C=O) groups is 2. The molecule has 2 atom stereocenters. The zero-order valence-corrected chi connectivity index (χ0v) is 17.1. The first-order chi connectivity index (χ1) is 14.7. The van der Waals surface area contributed by atoms with E-state index in [-0.39, 0.29) is 23.9 Å². The molecule has 30 heavy (non-hydrogen) atoms. The number of piperidine rings is 1. The lowest BCUT2D eigenvalue weighted by Crippen LogP contribution is -2.57. The molecule has 2 aliphatic rings. The van der Waals surface area contributed by atoms with Gasteiger partial charge in [-0.1, -0.05) is 24.3 Å².